The molecule has 3 nitrogen and oxygen atoms in total. The molecule has 3 rings (SSSR count). The molecule has 0 fully saturated rings. The van der Waals surface area contributed by atoms with Gasteiger partial charge in [-0.2, -0.15) is 0 Å². The SMILES string of the molecule is CC1(C)Cc2occc2[C@@H](NC(=O)c2cccs2)C1. The van der Waals surface area contributed by atoms with Crippen LogP contribution in [0.1, 0.15) is 47.3 Å². The zero-order valence-corrected chi connectivity index (χ0v) is 11.9. The minimum Gasteiger partial charge on any atom is -0.469 e. The highest BCUT2D eigenvalue weighted by atomic mass is 32.1. The van der Waals surface area contributed by atoms with Gasteiger partial charge in [-0.3, -0.25) is 4.79 Å². The third-order valence-corrected chi connectivity index (χ3v) is 4.47. The molecule has 0 saturated heterocycles. The summed E-state index contributed by atoms with van der Waals surface area (Å²) in [5.74, 6) is 1.01. The summed E-state index contributed by atoms with van der Waals surface area (Å²) in [7, 11) is 0. The molecule has 0 radical (unpaired) electrons. The highest BCUT2D eigenvalue weighted by Crippen LogP contribution is 2.41. The highest BCUT2D eigenvalue weighted by Gasteiger charge is 2.35. The normalized spacial score (nSPS) is 20.8. The number of carbonyl (C=O) groups is 1. The standard InChI is InChI=1S/C15H17NO2S/c1-15(2)8-11(10-5-6-18-12(10)9-15)16-14(17)13-4-3-7-19-13/h3-7,11H,8-9H2,1-2H3,(H,16,17)/t11-/m0/s1. The first-order chi connectivity index (χ1) is 9.05. The van der Waals surface area contributed by atoms with Crippen molar-refractivity contribution in [1.82, 2.24) is 5.32 Å². The predicted octanol–water partition coefficient (Wildman–Crippen LogP) is 3.78. The molecule has 0 unspecified atom stereocenters. The Balaban J connectivity index is 1.84. The fourth-order valence-electron chi connectivity index (χ4n) is 2.74. The zero-order valence-electron chi connectivity index (χ0n) is 11.1. The van der Waals surface area contributed by atoms with Gasteiger partial charge in [-0.15, -0.1) is 11.3 Å². The van der Waals surface area contributed by atoms with Crippen molar-refractivity contribution in [2.24, 2.45) is 5.41 Å². The number of furan rings is 1. The van der Waals surface area contributed by atoms with Crippen LogP contribution in [-0.4, -0.2) is 5.91 Å². The monoisotopic (exact) mass is 275 g/mol. The smallest absolute Gasteiger partial charge is 0.261 e. The van der Waals surface area contributed by atoms with E-state index in [0.29, 0.717) is 0 Å². The lowest BCUT2D eigenvalue weighted by Crippen LogP contribution is -2.35. The minimum absolute atomic E-state index is 0.00449. The minimum atomic E-state index is 0.00449. The van der Waals surface area contributed by atoms with Gasteiger partial charge in [0.2, 0.25) is 0 Å². The van der Waals surface area contributed by atoms with Crippen molar-refractivity contribution in [3.05, 3.63) is 46.0 Å². The summed E-state index contributed by atoms with van der Waals surface area (Å²) >= 11 is 1.47. The van der Waals surface area contributed by atoms with Crippen LogP contribution in [0.3, 0.4) is 0 Å². The zero-order chi connectivity index (χ0) is 13.5. The number of nitrogens with one attached hydrogen (secondary N) is 1. The first-order valence-electron chi connectivity index (χ1n) is 6.46. The molecule has 0 bridgehead atoms. The Morgan fingerprint density at radius 1 is 1.47 bits per heavy atom. The second kappa shape index (κ2) is 4.53. The van der Waals surface area contributed by atoms with Crippen molar-refractivity contribution in [2.75, 3.05) is 0 Å². The summed E-state index contributed by atoms with van der Waals surface area (Å²) in [6.07, 6.45) is 3.59. The summed E-state index contributed by atoms with van der Waals surface area (Å²) in [4.78, 5) is 12.9. The van der Waals surface area contributed by atoms with Gasteiger partial charge in [0, 0.05) is 12.0 Å². The maximum absolute atomic E-state index is 12.2. The van der Waals surface area contributed by atoms with E-state index in [9.17, 15) is 4.79 Å². The molecule has 2 aromatic heterocycles. The third kappa shape index (κ3) is 2.45. The van der Waals surface area contributed by atoms with Crippen LogP contribution in [0.4, 0.5) is 0 Å². The number of thiophene rings is 1. The number of rotatable bonds is 2. The molecule has 1 amide bonds. The Morgan fingerprint density at radius 2 is 2.32 bits per heavy atom. The van der Waals surface area contributed by atoms with Crippen LogP contribution in [0.2, 0.25) is 0 Å². The summed E-state index contributed by atoms with van der Waals surface area (Å²) < 4.78 is 5.55. The Kier molecular flexibility index (Phi) is 2.97. The molecular formula is C15H17NO2S. The van der Waals surface area contributed by atoms with Crippen molar-refractivity contribution in [3.8, 4) is 0 Å². The van der Waals surface area contributed by atoms with E-state index in [1.165, 1.54) is 11.3 Å². The third-order valence-electron chi connectivity index (χ3n) is 3.60. The van der Waals surface area contributed by atoms with Gasteiger partial charge in [-0.25, -0.2) is 0 Å². The van der Waals surface area contributed by atoms with Crippen LogP contribution in [0.15, 0.2) is 34.3 Å². The molecule has 1 N–H and O–H groups in total. The largest absolute Gasteiger partial charge is 0.469 e. The molecule has 100 valence electrons. The number of amides is 1. The van der Waals surface area contributed by atoms with E-state index >= 15 is 0 Å². The predicted molar refractivity (Wildman–Crippen MR) is 75.3 cm³/mol. The lowest BCUT2D eigenvalue weighted by atomic mass is 9.75. The van der Waals surface area contributed by atoms with E-state index in [-0.39, 0.29) is 17.4 Å². The van der Waals surface area contributed by atoms with Crippen LogP contribution in [0, 0.1) is 5.41 Å². The average molecular weight is 275 g/mol. The molecule has 0 aromatic carbocycles. The van der Waals surface area contributed by atoms with Crippen molar-refractivity contribution in [2.45, 2.75) is 32.7 Å². The Morgan fingerprint density at radius 3 is 3.05 bits per heavy atom. The van der Waals surface area contributed by atoms with E-state index in [0.717, 1.165) is 29.0 Å². The molecule has 2 heterocycles. The highest BCUT2D eigenvalue weighted by molar-refractivity contribution is 7.12. The topological polar surface area (TPSA) is 42.2 Å². The lowest BCUT2D eigenvalue weighted by molar-refractivity contribution is 0.0921. The lowest BCUT2D eigenvalue weighted by Gasteiger charge is -2.34. The molecule has 2 aromatic rings. The van der Waals surface area contributed by atoms with Crippen molar-refractivity contribution < 1.29 is 9.21 Å². The molecule has 1 aliphatic carbocycles. The quantitative estimate of drug-likeness (QED) is 0.906. The Hall–Kier alpha value is -1.55. The Labute approximate surface area is 116 Å². The van der Waals surface area contributed by atoms with E-state index < -0.39 is 0 Å². The van der Waals surface area contributed by atoms with E-state index in [2.05, 4.69) is 19.2 Å². The molecular weight excluding hydrogens is 258 g/mol. The molecule has 19 heavy (non-hydrogen) atoms. The van der Waals surface area contributed by atoms with E-state index in [1.807, 2.05) is 23.6 Å². The van der Waals surface area contributed by atoms with Crippen LogP contribution >= 0.6 is 11.3 Å². The number of hydrogen-bond donors (Lipinski definition) is 1. The van der Waals surface area contributed by atoms with Gasteiger partial charge in [0.25, 0.3) is 5.91 Å². The van der Waals surface area contributed by atoms with Gasteiger partial charge in [-0.1, -0.05) is 19.9 Å². The number of fused-ring (bicyclic) bond motifs is 1. The second-order valence-corrected chi connectivity index (χ2v) is 6.80. The van der Waals surface area contributed by atoms with Crippen molar-refractivity contribution >= 4 is 17.2 Å². The van der Waals surface area contributed by atoms with Crippen molar-refractivity contribution in [1.29, 1.82) is 0 Å². The fourth-order valence-corrected chi connectivity index (χ4v) is 3.37. The Bertz CT molecular complexity index is 583. The fraction of sp³-hybridized carbons (Fsp3) is 0.400. The van der Waals surface area contributed by atoms with Gasteiger partial charge in [0.05, 0.1) is 17.2 Å². The van der Waals surface area contributed by atoms with Gasteiger partial charge >= 0.3 is 0 Å². The van der Waals surface area contributed by atoms with Crippen LogP contribution in [0.5, 0.6) is 0 Å². The van der Waals surface area contributed by atoms with Crippen molar-refractivity contribution in [3.63, 3.8) is 0 Å². The van der Waals surface area contributed by atoms with Crippen LogP contribution < -0.4 is 5.32 Å². The first kappa shape index (κ1) is 12.5. The summed E-state index contributed by atoms with van der Waals surface area (Å²) in [5, 5.41) is 5.05. The summed E-state index contributed by atoms with van der Waals surface area (Å²) in [5.41, 5.74) is 1.28. The van der Waals surface area contributed by atoms with Gasteiger partial charge in [0.15, 0.2) is 0 Å². The maximum Gasteiger partial charge on any atom is 0.261 e. The van der Waals surface area contributed by atoms with Gasteiger partial charge in [-0.05, 0) is 29.3 Å². The number of hydrogen-bond acceptors (Lipinski definition) is 3. The van der Waals surface area contributed by atoms with Crippen LogP contribution in [-0.2, 0) is 6.42 Å². The molecule has 0 saturated carbocycles. The van der Waals surface area contributed by atoms with E-state index in [1.54, 1.807) is 6.26 Å². The maximum atomic E-state index is 12.2. The first-order valence-corrected chi connectivity index (χ1v) is 7.34. The molecule has 4 heteroatoms. The second-order valence-electron chi connectivity index (χ2n) is 5.85. The van der Waals surface area contributed by atoms with Gasteiger partial charge < -0.3 is 9.73 Å². The van der Waals surface area contributed by atoms with E-state index in [4.69, 9.17) is 4.42 Å². The molecule has 1 aliphatic rings. The summed E-state index contributed by atoms with van der Waals surface area (Å²) in [6.45, 7) is 4.42. The number of carbonyl (C=O) groups excluding carboxylic acids is 1. The summed E-state index contributed by atoms with van der Waals surface area (Å²) in [6, 6.07) is 5.77. The van der Waals surface area contributed by atoms with Gasteiger partial charge in [0.1, 0.15) is 5.76 Å². The average Bonchev–Trinajstić information content (AvgIpc) is 2.96. The van der Waals surface area contributed by atoms with Crippen LogP contribution in [0.25, 0.3) is 0 Å². The molecule has 0 spiro atoms. The molecule has 0 aliphatic heterocycles. The molecule has 1 atom stereocenters.